The van der Waals surface area contributed by atoms with E-state index < -0.39 is 0 Å². The molecule has 0 N–H and O–H groups in total. The van der Waals surface area contributed by atoms with Crippen LogP contribution >= 0.6 is 15.9 Å². The van der Waals surface area contributed by atoms with Gasteiger partial charge in [0.25, 0.3) is 0 Å². The Labute approximate surface area is 193 Å². The van der Waals surface area contributed by atoms with E-state index in [0.29, 0.717) is 6.54 Å². The van der Waals surface area contributed by atoms with Crippen molar-refractivity contribution in [3.63, 3.8) is 0 Å². The summed E-state index contributed by atoms with van der Waals surface area (Å²) < 4.78 is 3.14. The molecule has 3 heteroatoms. The van der Waals surface area contributed by atoms with Crippen LogP contribution in [0, 0.1) is 27.7 Å². The Morgan fingerprint density at radius 2 is 1.39 bits per heavy atom. The van der Waals surface area contributed by atoms with E-state index >= 15 is 0 Å². The first-order valence-corrected chi connectivity index (χ1v) is 11.3. The van der Waals surface area contributed by atoms with Gasteiger partial charge in [-0.15, -0.1) is 0 Å². The Hall–Kier alpha value is -2.91. The molecule has 1 aromatic heterocycles. The van der Waals surface area contributed by atoms with Crippen molar-refractivity contribution in [3.8, 4) is 22.5 Å². The van der Waals surface area contributed by atoms with Gasteiger partial charge in [-0.1, -0.05) is 61.2 Å². The molecule has 0 amide bonds. The molecule has 156 valence electrons. The maximum Gasteiger partial charge on any atom is 0.107 e. The van der Waals surface area contributed by atoms with Crippen LogP contribution in [0.3, 0.4) is 0 Å². The van der Waals surface area contributed by atoms with Crippen molar-refractivity contribution in [2.24, 2.45) is 0 Å². The molecule has 4 rings (SSSR count). The maximum atomic E-state index is 5.07. The Bertz CT molecular complexity index is 1260. The molecule has 0 bridgehead atoms. The summed E-state index contributed by atoms with van der Waals surface area (Å²) in [6, 6.07) is 21.6. The van der Waals surface area contributed by atoms with Gasteiger partial charge in [-0.05, 0) is 89.1 Å². The minimum Gasteiger partial charge on any atom is -0.259 e. The first-order valence-electron chi connectivity index (χ1n) is 10.5. The normalized spacial score (nSPS) is 11.0. The molecule has 1 heterocycles. The topological polar surface area (TPSA) is 17.8 Å². The predicted molar refractivity (Wildman–Crippen MR) is 135 cm³/mol. The summed E-state index contributed by atoms with van der Waals surface area (Å²) in [5.74, 6) is 0. The Kier molecular flexibility index (Phi) is 5.97. The third kappa shape index (κ3) is 4.28. The zero-order valence-electron chi connectivity index (χ0n) is 18.5. The van der Waals surface area contributed by atoms with E-state index in [4.69, 9.17) is 5.10 Å². The van der Waals surface area contributed by atoms with Gasteiger partial charge in [0.15, 0.2) is 0 Å². The molecular weight excluding hydrogens is 444 g/mol. The van der Waals surface area contributed by atoms with Crippen LogP contribution in [0.1, 0.15) is 33.4 Å². The van der Waals surface area contributed by atoms with Crippen LogP contribution in [0.25, 0.3) is 28.6 Å². The molecule has 0 saturated carbocycles. The molecule has 0 radical (unpaired) electrons. The van der Waals surface area contributed by atoms with Gasteiger partial charge < -0.3 is 0 Å². The lowest BCUT2D eigenvalue weighted by atomic mass is 10.0. The van der Waals surface area contributed by atoms with Gasteiger partial charge in [-0.2, -0.15) is 5.10 Å². The lowest BCUT2D eigenvalue weighted by Crippen LogP contribution is -2.04. The summed E-state index contributed by atoms with van der Waals surface area (Å²) in [6.45, 7) is 13.1. The van der Waals surface area contributed by atoms with Gasteiger partial charge in [0, 0.05) is 11.1 Å². The molecule has 0 aliphatic rings. The molecule has 0 aliphatic heterocycles. The average molecular weight is 471 g/mol. The fourth-order valence-electron chi connectivity index (χ4n) is 3.72. The number of hydrogen-bond acceptors (Lipinski definition) is 1. The van der Waals surface area contributed by atoms with Crippen LogP contribution in [0.5, 0.6) is 0 Å². The molecule has 2 nitrogen and oxygen atoms in total. The molecule has 0 aliphatic carbocycles. The van der Waals surface area contributed by atoms with Crippen LogP contribution in [-0.4, -0.2) is 9.78 Å². The Balaban J connectivity index is 1.87. The standard InChI is InChI=1S/C28H27BrN2/c1-6-22-9-11-23(12-10-22)17-31-28(25-14-8-19(3)21(5)16-25)26(29)27(30-31)24-13-7-18(2)20(4)15-24/h6-16H,1,17H2,2-5H3. The summed E-state index contributed by atoms with van der Waals surface area (Å²) in [5.41, 5.74) is 11.8. The Morgan fingerprint density at radius 1 is 0.806 bits per heavy atom. The van der Waals surface area contributed by atoms with Crippen LogP contribution in [0.4, 0.5) is 0 Å². The van der Waals surface area contributed by atoms with Crippen LogP contribution < -0.4 is 0 Å². The van der Waals surface area contributed by atoms with Crippen LogP contribution in [-0.2, 0) is 6.54 Å². The lowest BCUT2D eigenvalue weighted by molar-refractivity contribution is 0.696. The second-order valence-electron chi connectivity index (χ2n) is 8.21. The molecule has 0 atom stereocenters. The van der Waals surface area contributed by atoms with E-state index in [2.05, 4.69) is 116 Å². The quantitative estimate of drug-likeness (QED) is 0.289. The zero-order chi connectivity index (χ0) is 22.1. The molecule has 4 aromatic rings. The molecule has 0 saturated heterocycles. The van der Waals surface area contributed by atoms with Crippen molar-refractivity contribution >= 4 is 22.0 Å². The molecular formula is C28H27BrN2. The lowest BCUT2D eigenvalue weighted by Gasteiger charge is -2.10. The highest BCUT2D eigenvalue weighted by atomic mass is 79.9. The van der Waals surface area contributed by atoms with Gasteiger partial charge in [0.05, 0.1) is 16.7 Å². The van der Waals surface area contributed by atoms with Gasteiger partial charge in [0.1, 0.15) is 5.69 Å². The number of halogens is 1. The SMILES string of the molecule is C=Cc1ccc(Cn2nc(-c3ccc(C)c(C)c3)c(Br)c2-c2ccc(C)c(C)c2)cc1. The average Bonchev–Trinajstić information content (AvgIpc) is 3.08. The summed E-state index contributed by atoms with van der Waals surface area (Å²) in [4.78, 5) is 0. The molecule has 3 aromatic carbocycles. The molecule has 31 heavy (non-hydrogen) atoms. The fourth-order valence-corrected chi connectivity index (χ4v) is 4.47. The van der Waals surface area contributed by atoms with Crippen molar-refractivity contribution in [2.45, 2.75) is 34.2 Å². The number of benzene rings is 3. The molecule has 0 spiro atoms. The van der Waals surface area contributed by atoms with E-state index in [-0.39, 0.29) is 0 Å². The Morgan fingerprint density at radius 3 is 1.97 bits per heavy atom. The number of aryl methyl sites for hydroxylation is 4. The highest BCUT2D eigenvalue weighted by Crippen LogP contribution is 2.38. The van der Waals surface area contributed by atoms with E-state index in [1.54, 1.807) is 0 Å². The van der Waals surface area contributed by atoms with E-state index in [9.17, 15) is 0 Å². The van der Waals surface area contributed by atoms with Gasteiger partial charge in [0.2, 0.25) is 0 Å². The van der Waals surface area contributed by atoms with Gasteiger partial charge in [-0.25, -0.2) is 0 Å². The smallest absolute Gasteiger partial charge is 0.107 e. The zero-order valence-corrected chi connectivity index (χ0v) is 20.1. The third-order valence-corrected chi connectivity index (χ3v) is 6.75. The summed E-state index contributed by atoms with van der Waals surface area (Å²) in [6.07, 6.45) is 1.87. The van der Waals surface area contributed by atoms with Crippen LogP contribution in [0.2, 0.25) is 0 Å². The second kappa shape index (κ2) is 8.68. The fraction of sp³-hybridized carbons (Fsp3) is 0.179. The van der Waals surface area contributed by atoms with E-state index in [1.807, 2.05) is 6.08 Å². The minimum atomic E-state index is 0.698. The van der Waals surface area contributed by atoms with E-state index in [1.165, 1.54) is 33.4 Å². The monoisotopic (exact) mass is 470 g/mol. The van der Waals surface area contributed by atoms with Crippen LogP contribution in [0.15, 0.2) is 71.7 Å². The largest absolute Gasteiger partial charge is 0.259 e. The minimum absolute atomic E-state index is 0.698. The summed E-state index contributed by atoms with van der Waals surface area (Å²) >= 11 is 3.90. The van der Waals surface area contributed by atoms with Gasteiger partial charge in [-0.3, -0.25) is 4.68 Å². The second-order valence-corrected chi connectivity index (χ2v) is 9.01. The maximum absolute atomic E-state index is 5.07. The summed E-state index contributed by atoms with van der Waals surface area (Å²) in [5, 5.41) is 5.07. The van der Waals surface area contributed by atoms with Crippen molar-refractivity contribution in [2.75, 3.05) is 0 Å². The molecule has 0 unspecified atom stereocenters. The number of nitrogens with zero attached hydrogens (tertiary/aromatic N) is 2. The number of rotatable bonds is 5. The highest BCUT2D eigenvalue weighted by molar-refractivity contribution is 9.10. The van der Waals surface area contributed by atoms with E-state index in [0.717, 1.165) is 27.0 Å². The van der Waals surface area contributed by atoms with Crippen molar-refractivity contribution in [1.29, 1.82) is 0 Å². The first-order chi connectivity index (χ1) is 14.9. The van der Waals surface area contributed by atoms with Crippen molar-refractivity contribution < 1.29 is 0 Å². The first kappa shape index (κ1) is 21.3. The number of aromatic nitrogens is 2. The number of hydrogen-bond donors (Lipinski definition) is 0. The highest BCUT2D eigenvalue weighted by Gasteiger charge is 2.20. The van der Waals surface area contributed by atoms with Crippen molar-refractivity contribution in [3.05, 3.63) is 105 Å². The van der Waals surface area contributed by atoms with Gasteiger partial charge >= 0.3 is 0 Å². The molecule has 0 fully saturated rings. The van der Waals surface area contributed by atoms with Crippen molar-refractivity contribution in [1.82, 2.24) is 9.78 Å². The third-order valence-electron chi connectivity index (χ3n) is 6.00. The predicted octanol–water partition coefficient (Wildman–Crippen LogP) is 7.90. The summed E-state index contributed by atoms with van der Waals surface area (Å²) in [7, 11) is 0.